The number of hydrogen-bond donors (Lipinski definition) is 0. The van der Waals surface area contributed by atoms with E-state index < -0.39 is 0 Å². The monoisotopic (exact) mass is 199 g/mol. The fraction of sp³-hybridized carbons (Fsp3) is 0.214. The highest BCUT2D eigenvalue weighted by Crippen LogP contribution is 2.25. The van der Waals surface area contributed by atoms with Crippen molar-refractivity contribution in [1.29, 1.82) is 0 Å². The van der Waals surface area contributed by atoms with Gasteiger partial charge in [-0.1, -0.05) is 49.7 Å². The second-order valence-electron chi connectivity index (χ2n) is 3.55. The van der Waals surface area contributed by atoms with Gasteiger partial charge in [0, 0.05) is 5.39 Å². The number of rotatable bonds is 4. The smallest absolute Gasteiger partial charge is 0.135 e. The molecule has 1 nitrogen and oxygen atoms in total. The van der Waals surface area contributed by atoms with E-state index in [0.717, 1.165) is 18.6 Å². The van der Waals surface area contributed by atoms with Gasteiger partial charge < -0.3 is 4.74 Å². The van der Waals surface area contributed by atoms with Gasteiger partial charge in [-0.05, 0) is 17.9 Å². The molecule has 0 saturated carbocycles. The summed E-state index contributed by atoms with van der Waals surface area (Å²) in [5, 5.41) is 2.40. The molecule has 0 bridgehead atoms. The molecule has 0 saturated heterocycles. The minimum atomic E-state index is 0.946. The normalized spacial score (nSPS) is 10.5. The molecule has 77 valence electrons. The van der Waals surface area contributed by atoms with Crippen molar-refractivity contribution in [3.8, 4) is 5.75 Å². The summed E-state index contributed by atoms with van der Waals surface area (Å²) in [4.78, 5) is 0. The van der Waals surface area contributed by atoms with Crippen molar-refractivity contribution in [3.05, 3.63) is 49.1 Å². The third-order valence-corrected chi connectivity index (χ3v) is 2.37. The molecule has 0 unspecified atom stereocenters. The Morgan fingerprint density at radius 3 is 2.73 bits per heavy atom. The topological polar surface area (TPSA) is 9.23 Å². The van der Waals surface area contributed by atoms with E-state index in [9.17, 15) is 0 Å². The van der Waals surface area contributed by atoms with Crippen LogP contribution in [0.25, 0.3) is 10.8 Å². The molecule has 0 amide bonds. The molecule has 0 N–H and O–H groups in total. The lowest BCUT2D eigenvalue weighted by Crippen LogP contribution is -1.90. The second-order valence-corrected chi connectivity index (χ2v) is 3.55. The van der Waals surface area contributed by atoms with Gasteiger partial charge in [-0.15, -0.1) is 0 Å². The summed E-state index contributed by atoms with van der Waals surface area (Å²) < 4.78 is 5.63. The Morgan fingerprint density at radius 1 is 1.07 bits per heavy atom. The fourth-order valence-electron chi connectivity index (χ4n) is 1.57. The Balaban J connectivity index is 2.26. The van der Waals surface area contributed by atoms with Crippen LogP contribution < -0.4 is 4.74 Å². The van der Waals surface area contributed by atoms with E-state index in [1.54, 1.807) is 0 Å². The van der Waals surface area contributed by atoms with Crippen LogP contribution in [0.1, 0.15) is 19.8 Å². The highest BCUT2D eigenvalue weighted by Gasteiger charge is 2.00. The first-order valence-electron chi connectivity index (χ1n) is 5.38. The van der Waals surface area contributed by atoms with Crippen molar-refractivity contribution >= 4 is 10.8 Å². The lowest BCUT2D eigenvalue weighted by atomic mass is 10.1. The average molecular weight is 199 g/mol. The van der Waals surface area contributed by atoms with Gasteiger partial charge in [-0.3, -0.25) is 0 Å². The minimum absolute atomic E-state index is 0.946. The van der Waals surface area contributed by atoms with Crippen LogP contribution in [0.15, 0.2) is 42.5 Å². The fourth-order valence-corrected chi connectivity index (χ4v) is 1.57. The van der Waals surface area contributed by atoms with E-state index in [1.807, 2.05) is 30.9 Å². The van der Waals surface area contributed by atoms with Gasteiger partial charge in [0.25, 0.3) is 0 Å². The summed E-state index contributed by atoms with van der Waals surface area (Å²) in [7, 11) is 0. The van der Waals surface area contributed by atoms with Crippen LogP contribution in [0.2, 0.25) is 0 Å². The molecule has 2 aromatic carbocycles. The zero-order valence-electron chi connectivity index (χ0n) is 8.94. The average Bonchev–Trinajstić information content (AvgIpc) is 2.30. The van der Waals surface area contributed by atoms with Gasteiger partial charge in [0.05, 0.1) is 0 Å². The molecular formula is C14H15O. The van der Waals surface area contributed by atoms with Gasteiger partial charge in [-0.25, -0.2) is 0 Å². The van der Waals surface area contributed by atoms with E-state index >= 15 is 0 Å². The van der Waals surface area contributed by atoms with Crippen LogP contribution in [0, 0.1) is 6.61 Å². The highest BCUT2D eigenvalue weighted by atomic mass is 16.5. The Labute approximate surface area is 90.7 Å². The predicted octanol–water partition coefficient (Wildman–Crippen LogP) is 4.18. The Kier molecular flexibility index (Phi) is 3.23. The standard InChI is InChI=1S/C14H15O/c1-2-3-11-15-14-10-6-8-12-7-4-5-9-13(12)14/h4-11H,2-3H2,1H3. The first kappa shape index (κ1) is 10.0. The quantitative estimate of drug-likeness (QED) is 0.671. The van der Waals surface area contributed by atoms with Crippen molar-refractivity contribution < 1.29 is 4.74 Å². The molecule has 15 heavy (non-hydrogen) atoms. The number of unbranched alkanes of at least 4 members (excludes halogenated alkanes) is 1. The van der Waals surface area contributed by atoms with E-state index in [0.29, 0.717) is 0 Å². The van der Waals surface area contributed by atoms with E-state index in [4.69, 9.17) is 4.74 Å². The largest absolute Gasteiger partial charge is 0.486 e. The maximum Gasteiger partial charge on any atom is 0.135 e. The molecule has 0 aliphatic rings. The van der Waals surface area contributed by atoms with Gasteiger partial charge in [-0.2, -0.15) is 0 Å². The Hall–Kier alpha value is -1.50. The van der Waals surface area contributed by atoms with Crippen LogP contribution >= 0.6 is 0 Å². The number of benzene rings is 2. The lowest BCUT2D eigenvalue weighted by molar-refractivity contribution is 0.394. The molecule has 0 aromatic heterocycles. The van der Waals surface area contributed by atoms with Crippen LogP contribution in [-0.2, 0) is 0 Å². The lowest BCUT2D eigenvalue weighted by Gasteiger charge is -2.07. The molecule has 1 heteroatoms. The Morgan fingerprint density at radius 2 is 1.87 bits per heavy atom. The summed E-state index contributed by atoms with van der Waals surface area (Å²) in [6.45, 7) is 4.02. The molecular weight excluding hydrogens is 184 g/mol. The summed E-state index contributed by atoms with van der Waals surface area (Å²) in [5.74, 6) is 0.946. The van der Waals surface area contributed by atoms with Crippen LogP contribution in [-0.4, -0.2) is 0 Å². The van der Waals surface area contributed by atoms with Gasteiger partial charge >= 0.3 is 0 Å². The van der Waals surface area contributed by atoms with Gasteiger partial charge in [0.2, 0.25) is 0 Å². The highest BCUT2D eigenvalue weighted by molar-refractivity contribution is 5.88. The van der Waals surface area contributed by atoms with Crippen LogP contribution in [0.4, 0.5) is 0 Å². The Bertz CT molecular complexity index is 429. The first-order valence-corrected chi connectivity index (χ1v) is 5.38. The number of hydrogen-bond acceptors (Lipinski definition) is 1. The molecule has 0 aliphatic carbocycles. The zero-order chi connectivity index (χ0) is 10.5. The van der Waals surface area contributed by atoms with E-state index in [1.165, 1.54) is 10.8 Å². The summed E-state index contributed by atoms with van der Waals surface area (Å²) in [6.07, 6.45) is 2.11. The maximum absolute atomic E-state index is 5.63. The van der Waals surface area contributed by atoms with E-state index in [-0.39, 0.29) is 0 Å². The zero-order valence-corrected chi connectivity index (χ0v) is 8.94. The predicted molar refractivity (Wildman–Crippen MR) is 63.8 cm³/mol. The first-order chi connectivity index (χ1) is 7.42. The molecule has 1 radical (unpaired) electrons. The van der Waals surface area contributed by atoms with Crippen molar-refractivity contribution in [3.63, 3.8) is 0 Å². The second kappa shape index (κ2) is 4.83. The SMILES string of the molecule is CCC[CH]Oc1cccc2ccccc12. The van der Waals surface area contributed by atoms with Gasteiger partial charge in [0.1, 0.15) is 12.4 Å². The van der Waals surface area contributed by atoms with Crippen molar-refractivity contribution in [2.45, 2.75) is 19.8 Å². The summed E-state index contributed by atoms with van der Waals surface area (Å²) in [5.41, 5.74) is 0. The molecule has 2 aromatic rings. The third-order valence-electron chi connectivity index (χ3n) is 2.37. The summed E-state index contributed by atoms with van der Waals surface area (Å²) >= 11 is 0. The van der Waals surface area contributed by atoms with Crippen molar-refractivity contribution in [1.82, 2.24) is 0 Å². The number of ether oxygens (including phenoxy) is 1. The van der Waals surface area contributed by atoms with Crippen molar-refractivity contribution in [2.24, 2.45) is 0 Å². The summed E-state index contributed by atoms with van der Waals surface area (Å²) in [6, 6.07) is 14.4. The molecule has 0 spiro atoms. The molecule has 0 atom stereocenters. The number of fused-ring (bicyclic) bond motifs is 1. The minimum Gasteiger partial charge on any atom is -0.486 e. The molecule has 2 rings (SSSR count). The van der Waals surface area contributed by atoms with Crippen LogP contribution in [0.5, 0.6) is 5.75 Å². The maximum atomic E-state index is 5.63. The third kappa shape index (κ3) is 2.30. The van der Waals surface area contributed by atoms with Crippen LogP contribution in [0.3, 0.4) is 0 Å². The molecule has 0 fully saturated rings. The van der Waals surface area contributed by atoms with Crippen molar-refractivity contribution in [2.75, 3.05) is 0 Å². The van der Waals surface area contributed by atoms with Gasteiger partial charge in [0.15, 0.2) is 0 Å². The molecule has 0 aliphatic heterocycles. The van der Waals surface area contributed by atoms with E-state index in [2.05, 4.69) is 25.1 Å². The molecule has 0 heterocycles.